The molecular weight excluding hydrogens is 637 g/mol. The molecule has 4 aromatic carbocycles. The van der Waals surface area contributed by atoms with Crippen LogP contribution >= 0.6 is 0 Å². The summed E-state index contributed by atoms with van der Waals surface area (Å²) in [6, 6.07) is 39.5. The van der Waals surface area contributed by atoms with E-state index in [2.05, 4.69) is 41.5 Å². The normalized spacial score (nSPS) is 18.3. The fourth-order valence-electron chi connectivity index (χ4n) is 7.03. The zero-order chi connectivity index (χ0) is 34.6. The molecule has 1 heterocycles. The van der Waals surface area contributed by atoms with Crippen LogP contribution in [0.25, 0.3) is 0 Å². The third-order valence-corrected chi connectivity index (χ3v) is 19.2. The van der Waals surface area contributed by atoms with Gasteiger partial charge in [0.25, 0.3) is 16.6 Å². The van der Waals surface area contributed by atoms with E-state index < -0.39 is 57.3 Å². The average molecular weight is 681 g/mol. The molecule has 0 bridgehead atoms. The lowest BCUT2D eigenvalue weighted by Gasteiger charge is -2.46. The molecule has 0 N–H and O–H groups in total. The first-order valence-corrected chi connectivity index (χ1v) is 20.1. The van der Waals surface area contributed by atoms with Crippen molar-refractivity contribution in [2.24, 2.45) is 0 Å². The summed E-state index contributed by atoms with van der Waals surface area (Å²) in [6.07, 6.45) is -4.69. The molecule has 1 saturated heterocycles. The molecule has 1 aliphatic rings. The summed E-state index contributed by atoms with van der Waals surface area (Å²) in [7, 11) is -6.56. The Morgan fingerprint density at radius 3 is 0.979 bits per heavy atom. The number of hydrogen-bond donors (Lipinski definition) is 0. The van der Waals surface area contributed by atoms with Gasteiger partial charge in [0.1, 0.15) is 12.2 Å². The summed E-state index contributed by atoms with van der Waals surface area (Å²) >= 11 is 0. The predicted octanol–water partition coefficient (Wildman–Crippen LogP) is 5.18. The van der Waals surface area contributed by atoms with E-state index >= 15 is 0 Å². The number of aldehydes is 2. The lowest BCUT2D eigenvalue weighted by atomic mass is 10.1. The van der Waals surface area contributed by atoms with Gasteiger partial charge >= 0.3 is 6.16 Å². The Kier molecular flexibility index (Phi) is 10.4. The fraction of sp³-hybridized carbons (Fsp3) is 0.308. The minimum atomic E-state index is -3.28. The van der Waals surface area contributed by atoms with Crippen LogP contribution in [0.15, 0.2) is 121 Å². The second kappa shape index (κ2) is 14.1. The number of carbonyl (C=O) groups is 3. The van der Waals surface area contributed by atoms with E-state index in [1.807, 2.05) is 121 Å². The Labute approximate surface area is 285 Å². The molecule has 7 nitrogen and oxygen atoms in total. The number of benzene rings is 4. The van der Waals surface area contributed by atoms with Crippen molar-refractivity contribution in [2.75, 3.05) is 0 Å². The molecule has 1 aliphatic heterocycles. The number of cyclic esters (lactones) is 2. The van der Waals surface area contributed by atoms with Crippen LogP contribution in [0.2, 0.25) is 10.1 Å². The average Bonchev–Trinajstić information content (AvgIpc) is 3.47. The van der Waals surface area contributed by atoms with Crippen molar-refractivity contribution in [3.8, 4) is 0 Å². The summed E-state index contributed by atoms with van der Waals surface area (Å²) in [5.74, 6) is 0. The van der Waals surface area contributed by atoms with Crippen LogP contribution in [0.4, 0.5) is 4.79 Å². The van der Waals surface area contributed by atoms with Gasteiger partial charge in [-0.05, 0) is 30.8 Å². The highest BCUT2D eigenvalue weighted by molar-refractivity contribution is 7.00. The van der Waals surface area contributed by atoms with Crippen LogP contribution < -0.4 is 20.7 Å². The van der Waals surface area contributed by atoms with Crippen molar-refractivity contribution in [2.45, 2.75) is 76.0 Å². The van der Waals surface area contributed by atoms with Crippen LogP contribution in [0.3, 0.4) is 0 Å². The van der Waals surface area contributed by atoms with E-state index in [0.29, 0.717) is 12.6 Å². The number of rotatable bonds is 12. The van der Waals surface area contributed by atoms with Gasteiger partial charge in [-0.3, -0.25) is 0 Å². The van der Waals surface area contributed by atoms with Gasteiger partial charge in [-0.15, -0.1) is 0 Å². The van der Waals surface area contributed by atoms with E-state index in [-0.39, 0.29) is 0 Å². The molecule has 250 valence electrons. The van der Waals surface area contributed by atoms with Crippen molar-refractivity contribution < 1.29 is 32.7 Å². The molecular formula is C39H44O7Si2. The van der Waals surface area contributed by atoms with Crippen LogP contribution in [-0.4, -0.2) is 59.8 Å². The number of ether oxygens (including phenoxy) is 2. The molecule has 0 amide bonds. The van der Waals surface area contributed by atoms with Crippen LogP contribution in [0.5, 0.6) is 0 Å². The topological polar surface area (TPSA) is 88.1 Å². The Bertz CT molecular complexity index is 1470. The summed E-state index contributed by atoms with van der Waals surface area (Å²) in [5, 5.41) is 2.87. The van der Waals surface area contributed by atoms with Crippen molar-refractivity contribution in [3.63, 3.8) is 0 Å². The molecule has 48 heavy (non-hydrogen) atoms. The summed E-state index contributed by atoms with van der Waals surface area (Å²) in [5.41, 5.74) is 0. The predicted molar refractivity (Wildman–Crippen MR) is 192 cm³/mol. The lowest BCUT2D eigenvalue weighted by Crippen LogP contribution is -2.70. The van der Waals surface area contributed by atoms with Crippen molar-refractivity contribution in [1.29, 1.82) is 0 Å². The summed E-state index contributed by atoms with van der Waals surface area (Å²) in [4.78, 5) is 39.2. The van der Waals surface area contributed by atoms with Gasteiger partial charge < -0.3 is 27.9 Å². The third kappa shape index (κ3) is 6.47. The van der Waals surface area contributed by atoms with Gasteiger partial charge in [0.2, 0.25) is 0 Å². The van der Waals surface area contributed by atoms with E-state index in [9.17, 15) is 14.4 Å². The van der Waals surface area contributed by atoms with Crippen LogP contribution in [0, 0.1) is 0 Å². The van der Waals surface area contributed by atoms with Gasteiger partial charge in [0.15, 0.2) is 24.8 Å². The number of carbonyl (C=O) groups excluding carboxylic acids is 3. The zero-order valence-electron chi connectivity index (χ0n) is 28.4. The molecule has 0 spiro atoms. The Morgan fingerprint density at radius 1 is 0.521 bits per heavy atom. The first-order chi connectivity index (χ1) is 22.9. The molecule has 0 radical (unpaired) electrons. The SMILES string of the molecule is CC(C)(C)[Si](O[C@@H](C=O)[C@@H]1OC(=O)O[C@H]1[C@@H](C=O)O[Si](c1ccccc1)(c1ccccc1)C(C)(C)C)(c1ccccc1)c1ccccc1. The quantitative estimate of drug-likeness (QED) is 0.116. The van der Waals surface area contributed by atoms with E-state index in [0.717, 1.165) is 20.7 Å². The number of hydrogen-bond acceptors (Lipinski definition) is 7. The highest BCUT2D eigenvalue weighted by Crippen LogP contribution is 2.41. The van der Waals surface area contributed by atoms with Crippen molar-refractivity contribution in [3.05, 3.63) is 121 Å². The van der Waals surface area contributed by atoms with Crippen LogP contribution in [0.1, 0.15) is 41.5 Å². The molecule has 4 atom stereocenters. The Balaban J connectivity index is 1.62. The summed E-state index contributed by atoms with van der Waals surface area (Å²) in [6.45, 7) is 12.6. The Hall–Kier alpha value is -4.16. The highest BCUT2D eigenvalue weighted by Gasteiger charge is 2.58. The molecule has 1 fully saturated rings. The molecule has 0 aromatic heterocycles. The van der Waals surface area contributed by atoms with Gasteiger partial charge in [0, 0.05) is 0 Å². The molecule has 0 saturated carbocycles. The van der Waals surface area contributed by atoms with Gasteiger partial charge in [-0.25, -0.2) is 4.79 Å². The second-order valence-electron chi connectivity index (χ2n) is 14.2. The van der Waals surface area contributed by atoms with Gasteiger partial charge in [-0.2, -0.15) is 0 Å². The minimum Gasteiger partial charge on any atom is -0.424 e. The first-order valence-electron chi connectivity index (χ1n) is 16.2. The maximum Gasteiger partial charge on any atom is 0.509 e. The fourth-order valence-corrected chi connectivity index (χ4v) is 16.3. The van der Waals surface area contributed by atoms with E-state index in [1.54, 1.807) is 0 Å². The maximum atomic E-state index is 13.1. The molecule has 0 unspecified atom stereocenters. The van der Waals surface area contributed by atoms with Gasteiger partial charge in [-0.1, -0.05) is 163 Å². The summed E-state index contributed by atoms with van der Waals surface area (Å²) < 4.78 is 25.7. The van der Waals surface area contributed by atoms with E-state index in [4.69, 9.17) is 18.3 Å². The largest absolute Gasteiger partial charge is 0.509 e. The van der Waals surface area contributed by atoms with E-state index in [1.165, 1.54) is 0 Å². The standard InChI is InChI=1S/C39H44O7Si2/c1-38(2,3)47(29-19-11-7-12-20-29,30-21-13-8-14-22-30)45-33(27-40)35-36(44-37(42)43-35)34(28-41)46-48(39(4,5)6,31-23-15-9-16-24-31)32-25-17-10-18-26-32/h7-28,33-36H,1-6H3/t33-,34+,35-,36-/m0/s1. The molecule has 9 heteroatoms. The van der Waals surface area contributed by atoms with Crippen molar-refractivity contribution >= 4 is 56.1 Å². The zero-order valence-corrected chi connectivity index (χ0v) is 30.4. The second-order valence-corrected chi connectivity index (χ2v) is 22.7. The Morgan fingerprint density at radius 2 is 0.771 bits per heavy atom. The molecule has 4 aromatic rings. The first kappa shape index (κ1) is 35.2. The van der Waals surface area contributed by atoms with Crippen LogP contribution in [-0.2, 0) is 27.9 Å². The maximum absolute atomic E-state index is 13.1. The smallest absolute Gasteiger partial charge is 0.424 e. The molecule has 5 rings (SSSR count). The molecule has 0 aliphatic carbocycles. The lowest BCUT2D eigenvalue weighted by molar-refractivity contribution is -0.125. The van der Waals surface area contributed by atoms with Gasteiger partial charge in [0.05, 0.1) is 0 Å². The van der Waals surface area contributed by atoms with Crippen molar-refractivity contribution in [1.82, 2.24) is 0 Å². The third-order valence-electron chi connectivity index (χ3n) is 9.16. The minimum absolute atomic E-state index is 0.467. The monoisotopic (exact) mass is 680 g/mol. The highest BCUT2D eigenvalue weighted by atomic mass is 28.4.